The summed E-state index contributed by atoms with van der Waals surface area (Å²) in [5.74, 6) is -0.832. The number of aryl methyl sites for hydroxylation is 1. The molecular weight excluding hydrogens is 202 g/mol. The van der Waals surface area contributed by atoms with Gasteiger partial charge in [-0.2, -0.15) is 0 Å². The second kappa shape index (κ2) is 4.42. The lowest BCUT2D eigenvalue weighted by Crippen LogP contribution is -2.03. The third kappa shape index (κ3) is 2.70. The number of carboxylic acids is 1. The molecule has 1 aromatic rings. The van der Waals surface area contributed by atoms with Gasteiger partial charge in [0.25, 0.3) is 0 Å². The number of aliphatic carboxylic acids is 1. The van der Waals surface area contributed by atoms with E-state index in [1.807, 2.05) is 19.9 Å². The van der Waals surface area contributed by atoms with Crippen LogP contribution in [0.3, 0.4) is 0 Å². The highest BCUT2D eigenvalue weighted by Gasteiger charge is 2.11. The van der Waals surface area contributed by atoms with E-state index in [2.05, 4.69) is 4.98 Å². The lowest BCUT2D eigenvalue weighted by atomic mass is 9.99. The number of aromatic nitrogens is 1. The van der Waals surface area contributed by atoms with Crippen molar-refractivity contribution in [3.05, 3.63) is 28.5 Å². The number of carboxylic acid groups (broad SMARTS) is 1. The molecule has 0 spiro atoms. The lowest BCUT2D eigenvalue weighted by molar-refractivity contribution is -0.137. The van der Waals surface area contributed by atoms with Crippen LogP contribution < -0.4 is 0 Å². The molecule has 0 aliphatic carbocycles. The van der Waals surface area contributed by atoms with Crippen LogP contribution in [0.2, 0.25) is 5.15 Å². The molecule has 76 valence electrons. The fraction of sp³-hybridized carbons (Fsp3) is 0.400. The van der Waals surface area contributed by atoms with Crippen LogP contribution in [0.1, 0.15) is 30.4 Å². The lowest BCUT2D eigenvalue weighted by Gasteiger charge is -2.09. The molecule has 0 aliphatic rings. The second-order valence-corrected chi connectivity index (χ2v) is 3.73. The van der Waals surface area contributed by atoms with Gasteiger partial charge >= 0.3 is 5.97 Å². The standard InChI is InChI=1S/C10H12ClNO2/c1-6(4-9(13)14)8-3-7(2)10(11)12-5-8/h3,5-6H,4H2,1-2H3,(H,13,14). The molecule has 0 bridgehead atoms. The van der Waals surface area contributed by atoms with Gasteiger partial charge < -0.3 is 5.11 Å². The minimum atomic E-state index is -0.801. The topological polar surface area (TPSA) is 50.2 Å². The zero-order valence-corrected chi connectivity index (χ0v) is 8.88. The molecule has 1 rings (SSSR count). The van der Waals surface area contributed by atoms with Crippen molar-refractivity contribution in [2.75, 3.05) is 0 Å². The van der Waals surface area contributed by atoms with Gasteiger partial charge in [0.1, 0.15) is 5.15 Å². The summed E-state index contributed by atoms with van der Waals surface area (Å²) >= 11 is 5.76. The first-order chi connectivity index (χ1) is 6.50. The third-order valence-electron chi connectivity index (χ3n) is 2.09. The van der Waals surface area contributed by atoms with Gasteiger partial charge in [0, 0.05) is 6.20 Å². The SMILES string of the molecule is Cc1cc(C(C)CC(=O)O)cnc1Cl. The van der Waals surface area contributed by atoms with Crippen LogP contribution in [0.5, 0.6) is 0 Å². The molecule has 1 atom stereocenters. The van der Waals surface area contributed by atoms with Crippen LogP contribution in [0.25, 0.3) is 0 Å². The molecular formula is C10H12ClNO2. The molecule has 0 saturated carbocycles. The number of nitrogens with zero attached hydrogens (tertiary/aromatic N) is 1. The zero-order valence-electron chi connectivity index (χ0n) is 8.12. The minimum Gasteiger partial charge on any atom is -0.481 e. The second-order valence-electron chi connectivity index (χ2n) is 3.38. The maximum atomic E-state index is 10.5. The quantitative estimate of drug-likeness (QED) is 0.786. The highest BCUT2D eigenvalue weighted by Crippen LogP contribution is 2.21. The fourth-order valence-electron chi connectivity index (χ4n) is 1.23. The van der Waals surface area contributed by atoms with E-state index >= 15 is 0 Å². The Morgan fingerprint density at radius 3 is 2.86 bits per heavy atom. The largest absolute Gasteiger partial charge is 0.481 e. The maximum Gasteiger partial charge on any atom is 0.303 e. The highest BCUT2D eigenvalue weighted by atomic mass is 35.5. The first-order valence-corrected chi connectivity index (χ1v) is 4.72. The molecule has 0 saturated heterocycles. The van der Waals surface area contributed by atoms with Crippen molar-refractivity contribution in [3.8, 4) is 0 Å². The van der Waals surface area contributed by atoms with Gasteiger partial charge in [-0.3, -0.25) is 4.79 Å². The van der Waals surface area contributed by atoms with Crippen molar-refractivity contribution in [1.29, 1.82) is 0 Å². The van der Waals surface area contributed by atoms with E-state index in [0.29, 0.717) is 5.15 Å². The predicted molar refractivity (Wildman–Crippen MR) is 54.7 cm³/mol. The van der Waals surface area contributed by atoms with Crippen LogP contribution in [0.15, 0.2) is 12.3 Å². The first kappa shape index (κ1) is 11.0. The molecule has 1 unspecified atom stereocenters. The number of hydrogen-bond donors (Lipinski definition) is 1. The molecule has 0 fully saturated rings. The Morgan fingerprint density at radius 2 is 2.36 bits per heavy atom. The Bertz CT molecular complexity index is 352. The van der Waals surface area contributed by atoms with Crippen molar-refractivity contribution in [1.82, 2.24) is 4.98 Å². The van der Waals surface area contributed by atoms with E-state index in [1.54, 1.807) is 6.20 Å². The summed E-state index contributed by atoms with van der Waals surface area (Å²) in [5.41, 5.74) is 1.79. The van der Waals surface area contributed by atoms with Crippen molar-refractivity contribution < 1.29 is 9.90 Å². The van der Waals surface area contributed by atoms with Crippen LogP contribution in [0, 0.1) is 6.92 Å². The van der Waals surface area contributed by atoms with E-state index in [0.717, 1.165) is 11.1 Å². The first-order valence-electron chi connectivity index (χ1n) is 4.34. The summed E-state index contributed by atoms with van der Waals surface area (Å²) in [6.45, 7) is 3.71. The molecule has 4 heteroatoms. The van der Waals surface area contributed by atoms with Crippen LogP contribution >= 0.6 is 11.6 Å². The summed E-state index contributed by atoms with van der Waals surface area (Å²) in [7, 11) is 0. The molecule has 3 nitrogen and oxygen atoms in total. The summed E-state index contributed by atoms with van der Waals surface area (Å²) < 4.78 is 0. The van der Waals surface area contributed by atoms with E-state index in [-0.39, 0.29) is 12.3 Å². The smallest absolute Gasteiger partial charge is 0.303 e. The Hall–Kier alpha value is -1.09. The molecule has 1 heterocycles. The van der Waals surface area contributed by atoms with Gasteiger partial charge in [-0.1, -0.05) is 24.6 Å². The Labute approximate surface area is 87.7 Å². The minimum absolute atomic E-state index is 0.0315. The summed E-state index contributed by atoms with van der Waals surface area (Å²) in [6, 6.07) is 1.88. The molecule has 0 amide bonds. The Kier molecular flexibility index (Phi) is 3.47. The Morgan fingerprint density at radius 1 is 1.71 bits per heavy atom. The average Bonchev–Trinajstić information content (AvgIpc) is 2.08. The molecule has 14 heavy (non-hydrogen) atoms. The van der Waals surface area contributed by atoms with Gasteiger partial charge in [0.2, 0.25) is 0 Å². The normalized spacial score (nSPS) is 12.5. The molecule has 1 N–H and O–H groups in total. The zero-order chi connectivity index (χ0) is 10.7. The number of carbonyl (C=O) groups is 1. The third-order valence-corrected chi connectivity index (χ3v) is 2.48. The van der Waals surface area contributed by atoms with Gasteiger partial charge in [0.15, 0.2) is 0 Å². The van der Waals surface area contributed by atoms with Gasteiger partial charge in [0.05, 0.1) is 6.42 Å². The highest BCUT2D eigenvalue weighted by molar-refractivity contribution is 6.30. The van der Waals surface area contributed by atoms with Gasteiger partial charge in [-0.05, 0) is 24.0 Å². The van der Waals surface area contributed by atoms with E-state index in [1.165, 1.54) is 0 Å². The van der Waals surface area contributed by atoms with Gasteiger partial charge in [-0.15, -0.1) is 0 Å². The average molecular weight is 214 g/mol. The van der Waals surface area contributed by atoms with Crippen LogP contribution in [0.4, 0.5) is 0 Å². The van der Waals surface area contributed by atoms with E-state index in [9.17, 15) is 4.79 Å². The molecule has 0 radical (unpaired) electrons. The summed E-state index contributed by atoms with van der Waals surface area (Å²) in [4.78, 5) is 14.5. The van der Waals surface area contributed by atoms with E-state index in [4.69, 9.17) is 16.7 Å². The van der Waals surface area contributed by atoms with Crippen molar-refractivity contribution in [3.63, 3.8) is 0 Å². The Balaban J connectivity index is 2.85. The van der Waals surface area contributed by atoms with Crippen LogP contribution in [-0.2, 0) is 4.79 Å². The van der Waals surface area contributed by atoms with E-state index < -0.39 is 5.97 Å². The van der Waals surface area contributed by atoms with Crippen molar-refractivity contribution in [2.24, 2.45) is 0 Å². The maximum absolute atomic E-state index is 10.5. The summed E-state index contributed by atoms with van der Waals surface area (Å²) in [6.07, 6.45) is 1.74. The van der Waals surface area contributed by atoms with Crippen LogP contribution in [-0.4, -0.2) is 16.1 Å². The number of pyridine rings is 1. The molecule has 0 aromatic carbocycles. The number of hydrogen-bond acceptors (Lipinski definition) is 2. The fourth-order valence-corrected chi connectivity index (χ4v) is 1.33. The predicted octanol–water partition coefficient (Wildman–Crippen LogP) is 2.62. The number of halogens is 1. The number of rotatable bonds is 3. The monoisotopic (exact) mass is 213 g/mol. The van der Waals surface area contributed by atoms with Crippen molar-refractivity contribution >= 4 is 17.6 Å². The summed E-state index contributed by atoms with van der Waals surface area (Å²) in [5, 5.41) is 9.09. The van der Waals surface area contributed by atoms with Crippen molar-refractivity contribution in [2.45, 2.75) is 26.2 Å². The molecule has 1 aromatic heterocycles. The molecule has 0 aliphatic heterocycles. The van der Waals surface area contributed by atoms with Gasteiger partial charge in [-0.25, -0.2) is 4.98 Å².